The summed E-state index contributed by atoms with van der Waals surface area (Å²) in [5, 5.41) is 13.7. The van der Waals surface area contributed by atoms with Crippen LogP contribution in [-0.4, -0.2) is 14.9 Å². The van der Waals surface area contributed by atoms with Crippen molar-refractivity contribution in [3.63, 3.8) is 0 Å². The van der Waals surface area contributed by atoms with Crippen LogP contribution in [0.1, 0.15) is 12.6 Å². The molecule has 0 saturated heterocycles. The highest BCUT2D eigenvalue weighted by molar-refractivity contribution is 7.80. The molecule has 0 saturated carbocycles. The van der Waals surface area contributed by atoms with E-state index in [-0.39, 0.29) is 0 Å². The Labute approximate surface area is 135 Å². The SMILES string of the molecule is CCn1ncc(NC(=S)Nc2cccc3ccccc23)c1C. The fraction of sp³-hybridized carbons (Fsp3) is 0.176. The van der Waals surface area contributed by atoms with Crippen molar-refractivity contribution in [1.82, 2.24) is 9.78 Å². The molecule has 1 aromatic heterocycles. The van der Waals surface area contributed by atoms with Gasteiger partial charge in [0.15, 0.2) is 5.11 Å². The van der Waals surface area contributed by atoms with Crippen molar-refractivity contribution in [2.24, 2.45) is 0 Å². The van der Waals surface area contributed by atoms with Gasteiger partial charge in [0.05, 0.1) is 17.6 Å². The average Bonchev–Trinajstić information content (AvgIpc) is 2.88. The van der Waals surface area contributed by atoms with Crippen LogP contribution < -0.4 is 10.6 Å². The van der Waals surface area contributed by atoms with E-state index in [9.17, 15) is 0 Å². The first-order chi connectivity index (χ1) is 10.7. The smallest absolute Gasteiger partial charge is 0.175 e. The number of nitrogens with one attached hydrogen (secondary N) is 2. The molecule has 0 unspecified atom stereocenters. The molecule has 0 aliphatic heterocycles. The first-order valence-electron chi connectivity index (χ1n) is 7.27. The molecule has 0 aliphatic carbocycles. The van der Waals surface area contributed by atoms with Crippen LogP contribution in [0.3, 0.4) is 0 Å². The summed E-state index contributed by atoms with van der Waals surface area (Å²) in [5.74, 6) is 0. The standard InChI is InChI=1S/C17H18N4S/c1-3-21-12(2)16(11-18-21)20-17(22)19-15-10-6-8-13-7-4-5-9-14(13)15/h4-11H,3H2,1-2H3,(H2,19,20,22). The van der Waals surface area contributed by atoms with Gasteiger partial charge in [-0.1, -0.05) is 36.4 Å². The highest BCUT2D eigenvalue weighted by Crippen LogP contribution is 2.23. The Morgan fingerprint density at radius 1 is 1.09 bits per heavy atom. The minimum atomic E-state index is 0.565. The Balaban J connectivity index is 1.80. The zero-order valence-electron chi connectivity index (χ0n) is 12.6. The lowest BCUT2D eigenvalue weighted by molar-refractivity contribution is 0.640. The van der Waals surface area contributed by atoms with Crippen LogP contribution in [0, 0.1) is 6.92 Å². The minimum absolute atomic E-state index is 0.565. The maximum absolute atomic E-state index is 5.43. The largest absolute Gasteiger partial charge is 0.332 e. The maximum atomic E-state index is 5.43. The Morgan fingerprint density at radius 3 is 2.59 bits per heavy atom. The molecule has 1 heterocycles. The molecular formula is C17H18N4S. The van der Waals surface area contributed by atoms with Gasteiger partial charge in [-0.15, -0.1) is 0 Å². The molecule has 0 radical (unpaired) electrons. The van der Waals surface area contributed by atoms with E-state index in [1.165, 1.54) is 5.39 Å². The van der Waals surface area contributed by atoms with Gasteiger partial charge in [0.25, 0.3) is 0 Å². The van der Waals surface area contributed by atoms with Crippen LogP contribution in [0.5, 0.6) is 0 Å². The number of aryl methyl sites for hydroxylation is 1. The van der Waals surface area contributed by atoms with Crippen molar-refractivity contribution < 1.29 is 0 Å². The van der Waals surface area contributed by atoms with Crippen molar-refractivity contribution in [2.75, 3.05) is 10.6 Å². The molecule has 0 amide bonds. The number of rotatable bonds is 3. The van der Waals surface area contributed by atoms with Crippen molar-refractivity contribution in [1.29, 1.82) is 0 Å². The van der Waals surface area contributed by atoms with Gasteiger partial charge in [-0.25, -0.2) is 0 Å². The summed E-state index contributed by atoms with van der Waals surface area (Å²) in [4.78, 5) is 0. The first kappa shape index (κ1) is 14.5. The van der Waals surface area contributed by atoms with Gasteiger partial charge < -0.3 is 10.6 Å². The lowest BCUT2D eigenvalue weighted by atomic mass is 10.1. The Kier molecular flexibility index (Phi) is 4.06. The highest BCUT2D eigenvalue weighted by Gasteiger charge is 2.08. The molecular weight excluding hydrogens is 292 g/mol. The lowest BCUT2D eigenvalue weighted by Crippen LogP contribution is -2.19. The molecule has 4 nitrogen and oxygen atoms in total. The first-order valence-corrected chi connectivity index (χ1v) is 7.68. The van der Waals surface area contributed by atoms with Crippen LogP contribution >= 0.6 is 12.2 Å². The lowest BCUT2D eigenvalue weighted by Gasteiger charge is -2.12. The molecule has 3 aromatic rings. The molecule has 22 heavy (non-hydrogen) atoms. The van der Waals surface area contributed by atoms with E-state index in [1.807, 2.05) is 35.9 Å². The minimum Gasteiger partial charge on any atom is -0.332 e. The maximum Gasteiger partial charge on any atom is 0.175 e. The van der Waals surface area contributed by atoms with Gasteiger partial charge in [-0.2, -0.15) is 5.10 Å². The predicted octanol–water partition coefficient (Wildman–Crippen LogP) is 4.17. The molecule has 0 spiro atoms. The van der Waals surface area contributed by atoms with Crippen LogP contribution in [0.4, 0.5) is 11.4 Å². The molecule has 5 heteroatoms. The van der Waals surface area contributed by atoms with E-state index >= 15 is 0 Å². The second-order valence-corrected chi connectivity index (χ2v) is 5.47. The fourth-order valence-corrected chi connectivity index (χ4v) is 2.72. The highest BCUT2D eigenvalue weighted by atomic mass is 32.1. The van der Waals surface area contributed by atoms with Crippen LogP contribution in [0.15, 0.2) is 48.7 Å². The third-order valence-electron chi connectivity index (χ3n) is 3.69. The Hall–Kier alpha value is -2.40. The van der Waals surface area contributed by atoms with Gasteiger partial charge in [0.1, 0.15) is 0 Å². The van der Waals surface area contributed by atoms with Crippen molar-refractivity contribution >= 4 is 39.5 Å². The Morgan fingerprint density at radius 2 is 1.82 bits per heavy atom. The van der Waals surface area contributed by atoms with Gasteiger partial charge in [0.2, 0.25) is 0 Å². The van der Waals surface area contributed by atoms with E-state index < -0.39 is 0 Å². The van der Waals surface area contributed by atoms with Crippen LogP contribution in [0.25, 0.3) is 10.8 Å². The van der Waals surface area contributed by atoms with Gasteiger partial charge in [-0.05, 0) is 37.5 Å². The van der Waals surface area contributed by atoms with Gasteiger partial charge in [-0.3, -0.25) is 4.68 Å². The molecule has 3 rings (SSSR count). The topological polar surface area (TPSA) is 41.9 Å². The molecule has 112 valence electrons. The number of anilines is 2. The summed E-state index contributed by atoms with van der Waals surface area (Å²) in [5.41, 5.74) is 3.00. The summed E-state index contributed by atoms with van der Waals surface area (Å²) < 4.78 is 1.93. The van der Waals surface area contributed by atoms with E-state index in [1.54, 1.807) is 6.20 Å². The quantitative estimate of drug-likeness (QED) is 0.712. The predicted molar refractivity (Wildman–Crippen MR) is 96.4 cm³/mol. The molecule has 2 N–H and O–H groups in total. The zero-order chi connectivity index (χ0) is 15.5. The number of thiocarbonyl (C=S) groups is 1. The van der Waals surface area contributed by atoms with E-state index in [0.29, 0.717) is 5.11 Å². The number of aromatic nitrogens is 2. The van der Waals surface area contributed by atoms with Crippen LogP contribution in [0.2, 0.25) is 0 Å². The summed E-state index contributed by atoms with van der Waals surface area (Å²) >= 11 is 5.43. The molecule has 0 bridgehead atoms. The van der Waals surface area contributed by atoms with Crippen molar-refractivity contribution in [2.45, 2.75) is 20.4 Å². The van der Waals surface area contributed by atoms with Gasteiger partial charge in [0, 0.05) is 17.6 Å². The number of hydrogen-bond donors (Lipinski definition) is 2. The second kappa shape index (κ2) is 6.15. The average molecular weight is 310 g/mol. The van der Waals surface area contributed by atoms with Gasteiger partial charge >= 0.3 is 0 Å². The molecule has 0 fully saturated rings. The van der Waals surface area contributed by atoms with Crippen LogP contribution in [-0.2, 0) is 6.54 Å². The van der Waals surface area contributed by atoms with Crippen molar-refractivity contribution in [3.8, 4) is 0 Å². The summed E-state index contributed by atoms with van der Waals surface area (Å²) in [6.45, 7) is 4.94. The van der Waals surface area contributed by atoms with E-state index in [2.05, 4.69) is 40.9 Å². The summed E-state index contributed by atoms with van der Waals surface area (Å²) in [6, 6.07) is 14.4. The molecule has 0 atom stereocenters. The number of fused-ring (bicyclic) bond motifs is 1. The monoisotopic (exact) mass is 310 g/mol. The zero-order valence-corrected chi connectivity index (χ0v) is 13.4. The number of nitrogens with zero attached hydrogens (tertiary/aromatic N) is 2. The normalized spacial score (nSPS) is 10.6. The summed E-state index contributed by atoms with van der Waals surface area (Å²) in [7, 11) is 0. The number of benzene rings is 2. The second-order valence-electron chi connectivity index (χ2n) is 5.07. The third kappa shape index (κ3) is 2.80. The molecule has 2 aromatic carbocycles. The molecule has 0 aliphatic rings. The fourth-order valence-electron chi connectivity index (χ4n) is 2.50. The van der Waals surface area contributed by atoms with E-state index in [0.717, 1.165) is 29.0 Å². The summed E-state index contributed by atoms with van der Waals surface area (Å²) in [6.07, 6.45) is 1.80. The van der Waals surface area contributed by atoms with Crippen molar-refractivity contribution in [3.05, 3.63) is 54.4 Å². The van der Waals surface area contributed by atoms with E-state index in [4.69, 9.17) is 12.2 Å². The third-order valence-corrected chi connectivity index (χ3v) is 3.89. The Bertz CT molecular complexity index is 817. The number of hydrogen-bond acceptors (Lipinski definition) is 2.